The first-order valence-electron chi connectivity index (χ1n) is 6.07. The molecule has 0 radical (unpaired) electrons. The second-order valence-corrected chi connectivity index (χ2v) is 4.25. The fraction of sp³-hybridized carbons (Fsp3) is 0.250. The molecule has 0 aromatic heterocycles. The lowest BCUT2D eigenvalue weighted by atomic mass is 10.2. The average molecular weight is 274 g/mol. The molecular weight excluding hydrogens is 259 g/mol. The zero-order valence-electron chi connectivity index (χ0n) is 11.6. The number of hydrogen-bond donors (Lipinski definition) is 0. The maximum absolute atomic E-state index is 13.8. The number of halogens is 1. The van der Waals surface area contributed by atoms with E-state index in [2.05, 4.69) is 12.1 Å². The van der Waals surface area contributed by atoms with Crippen molar-refractivity contribution in [1.29, 1.82) is 0 Å². The molecule has 0 aliphatic heterocycles. The molecule has 0 saturated heterocycles. The van der Waals surface area contributed by atoms with Gasteiger partial charge < -0.3 is 14.2 Å². The molecule has 0 heterocycles. The van der Waals surface area contributed by atoms with E-state index in [1.54, 1.807) is 18.2 Å². The topological polar surface area (TPSA) is 27.7 Å². The molecule has 0 saturated carbocycles. The first kappa shape index (κ1) is 14.0. The monoisotopic (exact) mass is 274 g/mol. The van der Waals surface area contributed by atoms with E-state index in [-0.39, 0.29) is 18.1 Å². The van der Waals surface area contributed by atoms with Crippen molar-refractivity contribution in [2.75, 3.05) is 14.2 Å². The normalized spacial score (nSPS) is 9.80. The van der Waals surface area contributed by atoms with E-state index in [4.69, 9.17) is 14.2 Å². The van der Waals surface area contributed by atoms with Gasteiger partial charge in [0.05, 0.1) is 14.2 Å². The van der Waals surface area contributed by atoms with Gasteiger partial charge in [-0.2, -0.15) is 4.39 Å². The van der Waals surface area contributed by atoms with Crippen LogP contribution >= 0.6 is 0 Å². The molecule has 0 amide bonds. The summed E-state index contributed by atoms with van der Waals surface area (Å²) in [5.74, 6) is 0.430. The Bertz CT molecular complexity index is 571. The largest absolute Gasteiger partial charge is 0.494 e. The van der Waals surface area contributed by atoms with Crippen LogP contribution in [0.1, 0.15) is 11.1 Å². The first-order chi connectivity index (χ1) is 9.63. The van der Waals surface area contributed by atoms with Crippen molar-refractivity contribution in [3.05, 3.63) is 53.3 Å². The van der Waals surface area contributed by atoms with Gasteiger partial charge in [-0.1, -0.05) is 12.1 Å². The molecular formula is C16H15FO3. The van der Waals surface area contributed by atoms with Crippen LogP contribution in [0.4, 0.5) is 4.39 Å². The summed E-state index contributed by atoms with van der Waals surface area (Å²) in [5.41, 5.74) is 1.70. The molecule has 0 aliphatic rings. The van der Waals surface area contributed by atoms with Gasteiger partial charge in [-0.3, -0.25) is 0 Å². The minimum Gasteiger partial charge on any atom is -0.494 e. The molecule has 0 aliphatic carbocycles. The molecule has 2 aromatic carbocycles. The van der Waals surface area contributed by atoms with Crippen LogP contribution in [0.3, 0.4) is 0 Å². The summed E-state index contributed by atoms with van der Waals surface area (Å²) in [7, 11) is 2.82. The second kappa shape index (κ2) is 6.16. The molecule has 2 rings (SSSR count). The van der Waals surface area contributed by atoms with Crippen LogP contribution in [0.2, 0.25) is 0 Å². The van der Waals surface area contributed by atoms with Gasteiger partial charge in [0.15, 0.2) is 11.5 Å². The van der Waals surface area contributed by atoms with Gasteiger partial charge in [-0.15, -0.1) is 0 Å². The second-order valence-electron chi connectivity index (χ2n) is 4.25. The van der Waals surface area contributed by atoms with Gasteiger partial charge in [-0.25, -0.2) is 0 Å². The summed E-state index contributed by atoms with van der Waals surface area (Å²) in [6.07, 6.45) is 0. The highest BCUT2D eigenvalue weighted by Gasteiger charge is 2.12. The Morgan fingerprint density at radius 2 is 1.75 bits per heavy atom. The van der Waals surface area contributed by atoms with Crippen molar-refractivity contribution < 1.29 is 18.6 Å². The predicted octanol–water partition coefficient (Wildman–Crippen LogP) is 3.33. The van der Waals surface area contributed by atoms with Crippen LogP contribution in [-0.4, -0.2) is 14.2 Å². The van der Waals surface area contributed by atoms with E-state index in [1.165, 1.54) is 14.2 Å². The molecule has 20 heavy (non-hydrogen) atoms. The standard InChI is InChI=1S/C16H15FO3/c1-11-5-4-6-13(7-11)20-10-12-8-14(18-2)16(17)15(9-12)19-3/h6-9H,10H2,1-3H3. The average Bonchev–Trinajstić information content (AvgIpc) is 2.46. The highest BCUT2D eigenvalue weighted by Crippen LogP contribution is 2.29. The minimum absolute atomic E-state index is 0.132. The highest BCUT2D eigenvalue weighted by atomic mass is 19.1. The lowest BCUT2D eigenvalue weighted by Crippen LogP contribution is -2.00. The number of rotatable bonds is 5. The van der Waals surface area contributed by atoms with Crippen LogP contribution < -0.4 is 14.2 Å². The molecule has 104 valence electrons. The van der Waals surface area contributed by atoms with Crippen LogP contribution in [-0.2, 0) is 6.61 Å². The smallest absolute Gasteiger partial charge is 0.206 e. The summed E-state index contributed by atoms with van der Waals surface area (Å²) in [6, 6.07) is 12.5. The number of aryl methyl sites for hydroxylation is 1. The lowest BCUT2D eigenvalue weighted by molar-refractivity contribution is 0.301. The van der Waals surface area contributed by atoms with Crippen molar-refractivity contribution in [2.45, 2.75) is 13.5 Å². The van der Waals surface area contributed by atoms with E-state index in [9.17, 15) is 4.39 Å². The minimum atomic E-state index is -0.516. The Morgan fingerprint density at radius 1 is 1.10 bits per heavy atom. The Hall–Kier alpha value is -2.41. The summed E-state index contributed by atoms with van der Waals surface area (Å²) in [6.45, 7) is 2.19. The van der Waals surface area contributed by atoms with Crippen molar-refractivity contribution in [1.82, 2.24) is 0 Å². The van der Waals surface area contributed by atoms with Gasteiger partial charge >= 0.3 is 0 Å². The van der Waals surface area contributed by atoms with Crippen LogP contribution in [0.25, 0.3) is 0 Å². The molecule has 0 N–H and O–H groups in total. The summed E-state index contributed by atoms with van der Waals surface area (Å²) in [5, 5.41) is 0. The predicted molar refractivity (Wildman–Crippen MR) is 72.7 cm³/mol. The SMILES string of the molecule is COc1cc(COc2cc#cc(C)c2)cc(OC)c1F. The molecule has 0 atom stereocenters. The molecule has 2 aromatic rings. The van der Waals surface area contributed by atoms with E-state index < -0.39 is 5.82 Å². The van der Waals surface area contributed by atoms with Crippen molar-refractivity contribution >= 4 is 0 Å². The molecule has 4 heteroatoms. The quantitative estimate of drug-likeness (QED) is 0.837. The van der Waals surface area contributed by atoms with E-state index >= 15 is 0 Å². The van der Waals surface area contributed by atoms with Crippen molar-refractivity contribution in [2.24, 2.45) is 0 Å². The third-order valence-corrected chi connectivity index (χ3v) is 2.75. The summed E-state index contributed by atoms with van der Waals surface area (Å²) < 4.78 is 29.4. The van der Waals surface area contributed by atoms with Gasteiger partial charge in [0.1, 0.15) is 12.4 Å². The molecule has 0 fully saturated rings. The van der Waals surface area contributed by atoms with Gasteiger partial charge in [0.2, 0.25) is 5.82 Å². The maximum Gasteiger partial charge on any atom is 0.206 e. The van der Waals surface area contributed by atoms with Crippen LogP contribution in [0, 0.1) is 24.9 Å². The highest BCUT2D eigenvalue weighted by molar-refractivity contribution is 5.40. The maximum atomic E-state index is 13.8. The number of hydrogen-bond acceptors (Lipinski definition) is 3. The van der Waals surface area contributed by atoms with Gasteiger partial charge in [-0.05, 0) is 30.7 Å². The van der Waals surface area contributed by atoms with Gasteiger partial charge in [0, 0.05) is 11.6 Å². The third kappa shape index (κ3) is 3.12. The fourth-order valence-electron chi connectivity index (χ4n) is 1.77. The Balaban J connectivity index is 2.17. The third-order valence-electron chi connectivity index (χ3n) is 2.75. The number of ether oxygens (including phenoxy) is 3. The Morgan fingerprint density at radius 3 is 2.30 bits per heavy atom. The first-order valence-corrected chi connectivity index (χ1v) is 6.07. The fourth-order valence-corrected chi connectivity index (χ4v) is 1.77. The van der Waals surface area contributed by atoms with Crippen molar-refractivity contribution in [3.63, 3.8) is 0 Å². The van der Waals surface area contributed by atoms with Crippen molar-refractivity contribution in [3.8, 4) is 17.2 Å². The van der Waals surface area contributed by atoms with Crippen LogP contribution in [0.15, 0.2) is 24.3 Å². The van der Waals surface area contributed by atoms with E-state index in [0.717, 1.165) is 11.1 Å². The summed E-state index contributed by atoms with van der Waals surface area (Å²) >= 11 is 0. The Kier molecular flexibility index (Phi) is 4.31. The summed E-state index contributed by atoms with van der Waals surface area (Å²) in [4.78, 5) is 0. The number of methoxy groups -OCH3 is 2. The van der Waals surface area contributed by atoms with E-state index in [1.807, 2.05) is 13.0 Å². The van der Waals surface area contributed by atoms with Crippen LogP contribution in [0.5, 0.6) is 17.2 Å². The Labute approximate surface area is 117 Å². The number of benzene rings is 1. The van der Waals surface area contributed by atoms with E-state index in [0.29, 0.717) is 5.75 Å². The molecule has 0 bridgehead atoms. The lowest BCUT2D eigenvalue weighted by Gasteiger charge is -2.11. The van der Waals surface area contributed by atoms with Gasteiger partial charge in [0.25, 0.3) is 0 Å². The zero-order valence-corrected chi connectivity index (χ0v) is 11.6. The molecule has 0 spiro atoms. The molecule has 3 nitrogen and oxygen atoms in total. The zero-order chi connectivity index (χ0) is 14.5. The molecule has 0 unspecified atom stereocenters.